The first-order valence-electron chi connectivity index (χ1n) is 7.91. The third-order valence-corrected chi connectivity index (χ3v) is 3.25. The van der Waals surface area contributed by atoms with E-state index in [1.807, 2.05) is 41.8 Å². The number of hydrogen-bond acceptors (Lipinski definition) is 5. The maximum Gasteiger partial charge on any atom is 2.00 e. The van der Waals surface area contributed by atoms with Crippen molar-refractivity contribution < 1.29 is 31.1 Å². The van der Waals surface area contributed by atoms with Crippen LogP contribution in [0, 0.1) is 0 Å². The molecule has 1 aromatic carbocycles. The van der Waals surface area contributed by atoms with Gasteiger partial charge < -0.3 is 15.6 Å². The molecule has 0 unspecified atom stereocenters. The van der Waals surface area contributed by atoms with Gasteiger partial charge in [-0.05, 0) is 36.4 Å². The molecule has 8 nitrogen and oxygen atoms in total. The topological polar surface area (TPSA) is 125 Å². The molecule has 0 saturated heterocycles. The van der Waals surface area contributed by atoms with Gasteiger partial charge in [0.2, 0.25) is 5.75 Å². The Hall–Kier alpha value is -3.45. The molecule has 5 N–H and O–H groups in total. The number of aromatic nitrogens is 2. The fraction of sp³-hybridized carbons (Fsp3) is 0.0526. The number of primary amides is 1. The third kappa shape index (κ3) is 7.05. The van der Waals surface area contributed by atoms with Crippen molar-refractivity contribution in [3.63, 3.8) is 0 Å². The maximum absolute atomic E-state index is 10.3. The zero-order chi connectivity index (χ0) is 19.5. The van der Waals surface area contributed by atoms with Crippen LogP contribution in [-0.4, -0.2) is 34.4 Å². The number of nitrogens with two attached hydrogens (primary N) is 1. The third-order valence-electron chi connectivity index (χ3n) is 3.25. The molecule has 0 aliphatic heterocycles. The molecular formula is C19H20N5NiO3+3. The van der Waals surface area contributed by atoms with Crippen LogP contribution in [0.15, 0.2) is 72.1 Å². The zero-order valence-electron chi connectivity index (χ0n) is 15.0. The summed E-state index contributed by atoms with van der Waals surface area (Å²) in [5, 5.41) is 11.2. The number of urea groups is 1. The maximum atomic E-state index is 10.3. The van der Waals surface area contributed by atoms with E-state index in [0.29, 0.717) is 11.3 Å². The predicted molar refractivity (Wildman–Crippen MR) is 104 cm³/mol. The van der Waals surface area contributed by atoms with Crippen LogP contribution in [0.1, 0.15) is 5.56 Å². The second-order valence-corrected chi connectivity index (χ2v) is 5.09. The summed E-state index contributed by atoms with van der Waals surface area (Å²) in [6, 6.07) is 15.9. The van der Waals surface area contributed by atoms with Crippen molar-refractivity contribution in [2.45, 2.75) is 0 Å². The van der Waals surface area contributed by atoms with E-state index in [1.54, 1.807) is 30.6 Å². The van der Waals surface area contributed by atoms with Gasteiger partial charge in [0.25, 0.3) is 0 Å². The van der Waals surface area contributed by atoms with Gasteiger partial charge in [-0.25, -0.2) is 10.2 Å². The van der Waals surface area contributed by atoms with Crippen molar-refractivity contribution in [3.8, 4) is 22.9 Å². The standard InChI is InChI=1S/C10H8N2.C9H11N3O3.Ni/c1-3-7-11-9(5-1)10-6-2-4-8-12-10;1-15-7-4-2-3-6(8(7)13)5-11-12-9(10)14;/h1-8H;2-5,13H,1H3,(H3,10,12,14);/q;;+2/p+1. The zero-order valence-corrected chi connectivity index (χ0v) is 16.0. The minimum absolute atomic E-state index is 0. The minimum Gasteiger partial charge on any atom is -0.590 e. The minimum atomic E-state index is -0.749. The molecule has 0 saturated carbocycles. The van der Waals surface area contributed by atoms with E-state index in [0.717, 1.165) is 11.4 Å². The van der Waals surface area contributed by atoms with Gasteiger partial charge in [-0.15, -0.1) is 0 Å². The number of amides is 2. The molecule has 0 radical (unpaired) electrons. The van der Waals surface area contributed by atoms with Gasteiger partial charge in [0, 0.05) is 12.4 Å². The van der Waals surface area contributed by atoms with Gasteiger partial charge >= 0.3 is 28.3 Å². The summed E-state index contributed by atoms with van der Waals surface area (Å²) in [5.74, 6) is 0.646. The quantitative estimate of drug-likeness (QED) is 0.288. The van der Waals surface area contributed by atoms with Crippen molar-refractivity contribution in [2.75, 3.05) is 7.11 Å². The Morgan fingerprint density at radius 1 is 1.07 bits per heavy atom. The van der Waals surface area contributed by atoms with Crippen molar-refractivity contribution in [1.29, 1.82) is 0 Å². The van der Waals surface area contributed by atoms with Crippen LogP contribution in [0.4, 0.5) is 4.79 Å². The molecule has 9 heteroatoms. The molecule has 2 amide bonds. The van der Waals surface area contributed by atoms with E-state index in [-0.39, 0.29) is 22.2 Å². The monoisotopic (exact) mass is 424 g/mol. The van der Waals surface area contributed by atoms with Crippen LogP contribution >= 0.6 is 0 Å². The fourth-order valence-corrected chi connectivity index (χ4v) is 2.02. The molecule has 3 aromatic rings. The Kier molecular flexibility index (Phi) is 9.71. The number of carbonyl (C=O) groups excluding carboxylic acids is 1. The second-order valence-electron chi connectivity index (χ2n) is 5.09. The van der Waals surface area contributed by atoms with Crippen LogP contribution in [0.2, 0.25) is 0 Å². The molecule has 2 heterocycles. The van der Waals surface area contributed by atoms with E-state index >= 15 is 0 Å². The molecule has 2 aromatic heterocycles. The Morgan fingerprint density at radius 2 is 1.68 bits per heavy atom. The first-order valence-corrected chi connectivity index (χ1v) is 7.91. The van der Waals surface area contributed by atoms with E-state index in [4.69, 9.17) is 15.6 Å². The SMILES string of the molecule is COc1cccc(C=NNC(N)=O)c1[OH2+].[Ni+2].c1ccc(-c2ccccn2)nc1. The molecule has 146 valence electrons. The largest absolute Gasteiger partial charge is 2.00 e. The first kappa shape index (κ1) is 22.6. The summed E-state index contributed by atoms with van der Waals surface area (Å²) in [6.45, 7) is 0. The molecule has 0 aliphatic carbocycles. The number of para-hydroxylation sites is 1. The summed E-state index contributed by atoms with van der Waals surface area (Å²) >= 11 is 0. The van der Waals surface area contributed by atoms with Crippen LogP contribution in [0.5, 0.6) is 11.5 Å². The van der Waals surface area contributed by atoms with E-state index in [9.17, 15) is 4.79 Å². The summed E-state index contributed by atoms with van der Waals surface area (Å²) < 4.78 is 4.95. The Balaban J connectivity index is 0.000000275. The van der Waals surface area contributed by atoms with Crippen molar-refractivity contribution >= 4 is 12.2 Å². The molecule has 28 heavy (non-hydrogen) atoms. The predicted octanol–water partition coefficient (Wildman–Crippen LogP) is 2.28. The summed E-state index contributed by atoms with van der Waals surface area (Å²) in [6.07, 6.45) is 4.86. The summed E-state index contributed by atoms with van der Waals surface area (Å²) in [4.78, 5) is 18.7. The number of rotatable bonds is 4. The molecule has 0 spiro atoms. The van der Waals surface area contributed by atoms with Crippen LogP contribution in [0.3, 0.4) is 0 Å². The van der Waals surface area contributed by atoms with Gasteiger partial charge in [-0.3, -0.25) is 9.97 Å². The van der Waals surface area contributed by atoms with Crippen LogP contribution in [0.25, 0.3) is 11.4 Å². The molecule has 0 aliphatic rings. The number of carbonyl (C=O) groups is 1. The number of methoxy groups -OCH3 is 1. The molecule has 0 bridgehead atoms. The molecule has 3 rings (SSSR count). The van der Waals surface area contributed by atoms with Crippen molar-refractivity contribution in [1.82, 2.24) is 15.4 Å². The average molecular weight is 425 g/mol. The number of nitrogens with zero attached hydrogens (tertiary/aromatic N) is 3. The van der Waals surface area contributed by atoms with Crippen molar-refractivity contribution in [3.05, 3.63) is 72.6 Å². The average Bonchev–Trinajstić information content (AvgIpc) is 2.71. The summed E-state index contributed by atoms with van der Waals surface area (Å²) in [5.41, 5.74) is 9.22. The van der Waals surface area contributed by atoms with Crippen LogP contribution in [-0.2, 0) is 16.5 Å². The first-order chi connectivity index (χ1) is 13.1. The number of benzene rings is 1. The van der Waals surface area contributed by atoms with E-state index in [1.165, 1.54) is 13.3 Å². The number of hydrogen-bond donors (Lipinski definition) is 2. The van der Waals surface area contributed by atoms with Gasteiger partial charge in [0.1, 0.15) is 0 Å². The number of pyridine rings is 2. The van der Waals surface area contributed by atoms with Gasteiger partial charge in [0.05, 0.1) is 30.3 Å². The molecule has 0 atom stereocenters. The van der Waals surface area contributed by atoms with Gasteiger partial charge in [0.15, 0.2) is 0 Å². The number of hydrazone groups is 1. The molecule has 0 fully saturated rings. The second kappa shape index (κ2) is 12.0. The number of nitrogens with one attached hydrogen (secondary N) is 1. The van der Waals surface area contributed by atoms with Gasteiger partial charge in [-0.2, -0.15) is 5.10 Å². The Morgan fingerprint density at radius 3 is 2.14 bits per heavy atom. The van der Waals surface area contributed by atoms with Crippen LogP contribution < -0.4 is 15.9 Å². The van der Waals surface area contributed by atoms with Crippen molar-refractivity contribution in [2.24, 2.45) is 10.8 Å². The van der Waals surface area contributed by atoms with Gasteiger partial charge in [-0.1, -0.05) is 18.2 Å². The fourth-order valence-electron chi connectivity index (χ4n) is 2.02. The summed E-state index contributed by atoms with van der Waals surface area (Å²) in [7, 11) is 1.48. The Labute approximate surface area is 172 Å². The van der Waals surface area contributed by atoms with E-state index < -0.39 is 6.03 Å². The Bertz CT molecular complexity index is 855. The molecular weight excluding hydrogens is 405 g/mol. The van der Waals surface area contributed by atoms with E-state index in [2.05, 4.69) is 15.1 Å². The normalized spacial score (nSPS) is 9.61. The smallest absolute Gasteiger partial charge is 0.590 e. The number of ether oxygens (including phenoxy) is 1.